The third-order valence-electron chi connectivity index (χ3n) is 4.07. The van der Waals surface area contributed by atoms with Crippen molar-refractivity contribution in [2.24, 2.45) is 0 Å². The van der Waals surface area contributed by atoms with Crippen molar-refractivity contribution in [2.75, 3.05) is 34.3 Å². The second-order valence-electron chi connectivity index (χ2n) is 6.69. The number of nitrogens with one attached hydrogen (secondary N) is 1. The molecule has 1 aromatic carbocycles. The Morgan fingerprint density at radius 3 is 2.81 bits per heavy atom. The van der Waals surface area contributed by atoms with Crippen LogP contribution in [0, 0.1) is 0 Å². The van der Waals surface area contributed by atoms with Crippen molar-refractivity contribution in [2.45, 2.75) is 37.8 Å². The van der Waals surface area contributed by atoms with E-state index in [2.05, 4.69) is 17.4 Å². The van der Waals surface area contributed by atoms with Crippen molar-refractivity contribution in [3.8, 4) is 5.75 Å². The van der Waals surface area contributed by atoms with Crippen LogP contribution in [0.15, 0.2) is 18.2 Å². The lowest BCUT2D eigenvalue weighted by Gasteiger charge is -2.32. The molecule has 0 saturated heterocycles. The van der Waals surface area contributed by atoms with E-state index in [4.69, 9.17) is 4.74 Å². The maximum atomic E-state index is 10.4. The molecule has 0 bridgehead atoms. The topological polar surface area (TPSA) is 44.7 Å². The van der Waals surface area contributed by atoms with Crippen LogP contribution in [-0.2, 0) is 12.8 Å². The number of benzene rings is 1. The van der Waals surface area contributed by atoms with Crippen molar-refractivity contribution in [3.63, 3.8) is 0 Å². The maximum absolute atomic E-state index is 10.4. The first kappa shape index (κ1) is 16.3. The largest absolute Gasteiger partial charge is 0.497 e. The van der Waals surface area contributed by atoms with E-state index in [9.17, 15) is 5.11 Å². The lowest BCUT2D eigenvalue weighted by molar-refractivity contribution is 0.0309. The number of methoxy groups -OCH3 is 1. The van der Waals surface area contributed by atoms with Gasteiger partial charge in [0.15, 0.2) is 0 Å². The molecule has 0 aliphatic heterocycles. The third kappa shape index (κ3) is 4.70. The quantitative estimate of drug-likeness (QED) is 0.833. The summed E-state index contributed by atoms with van der Waals surface area (Å²) in [6.45, 7) is 3.17. The van der Waals surface area contributed by atoms with Gasteiger partial charge in [-0.2, -0.15) is 0 Å². The molecule has 21 heavy (non-hydrogen) atoms. The van der Waals surface area contributed by atoms with E-state index >= 15 is 0 Å². The van der Waals surface area contributed by atoms with E-state index in [1.54, 1.807) is 7.11 Å². The van der Waals surface area contributed by atoms with Crippen LogP contribution in [0.3, 0.4) is 0 Å². The van der Waals surface area contributed by atoms with Gasteiger partial charge in [-0.25, -0.2) is 0 Å². The minimum Gasteiger partial charge on any atom is -0.497 e. The Labute approximate surface area is 128 Å². The molecular formula is C17H28N2O2. The maximum Gasteiger partial charge on any atom is 0.119 e. The van der Waals surface area contributed by atoms with Crippen molar-refractivity contribution in [1.82, 2.24) is 10.2 Å². The van der Waals surface area contributed by atoms with E-state index < -0.39 is 5.60 Å². The molecule has 1 aliphatic carbocycles. The van der Waals surface area contributed by atoms with Gasteiger partial charge in [0.1, 0.15) is 5.75 Å². The van der Waals surface area contributed by atoms with Gasteiger partial charge in [0.05, 0.1) is 12.7 Å². The third-order valence-corrected chi connectivity index (χ3v) is 4.07. The molecule has 2 N–H and O–H groups in total. The monoisotopic (exact) mass is 292 g/mol. The number of hydrogen-bond donors (Lipinski definition) is 2. The molecule has 0 aromatic heterocycles. The average Bonchev–Trinajstić information content (AvgIpc) is 2.43. The molecule has 4 nitrogen and oxygen atoms in total. The zero-order chi connectivity index (χ0) is 15.5. The normalized spacial score (nSPS) is 21.0. The highest BCUT2D eigenvalue weighted by Gasteiger charge is 2.24. The van der Waals surface area contributed by atoms with Gasteiger partial charge in [-0.05, 0) is 63.5 Å². The number of likely N-dealkylation sites (N-methyl/N-ethyl adjacent to an activating group) is 1. The second kappa shape index (κ2) is 6.77. The van der Waals surface area contributed by atoms with Crippen molar-refractivity contribution >= 4 is 0 Å². The Kier molecular flexibility index (Phi) is 5.25. The average molecular weight is 292 g/mol. The summed E-state index contributed by atoms with van der Waals surface area (Å²) in [4.78, 5) is 2.02. The number of rotatable bonds is 6. The van der Waals surface area contributed by atoms with E-state index in [1.807, 2.05) is 32.0 Å². The molecular weight excluding hydrogens is 264 g/mol. The number of nitrogens with zero attached hydrogens (tertiary/aromatic N) is 1. The molecule has 1 aliphatic rings. The Morgan fingerprint density at radius 2 is 2.14 bits per heavy atom. The Hall–Kier alpha value is -1.10. The fraction of sp³-hybridized carbons (Fsp3) is 0.647. The van der Waals surface area contributed by atoms with Crippen molar-refractivity contribution < 1.29 is 9.84 Å². The minimum absolute atomic E-state index is 0.429. The predicted molar refractivity (Wildman–Crippen MR) is 86.0 cm³/mol. The molecule has 0 heterocycles. The predicted octanol–water partition coefficient (Wildman–Crippen LogP) is 1.45. The number of fused-ring (bicyclic) bond motifs is 1. The summed E-state index contributed by atoms with van der Waals surface area (Å²) in [5.74, 6) is 0.925. The van der Waals surface area contributed by atoms with E-state index in [1.165, 1.54) is 11.1 Å². The van der Waals surface area contributed by atoms with E-state index in [-0.39, 0.29) is 0 Å². The zero-order valence-electron chi connectivity index (χ0n) is 13.6. The van der Waals surface area contributed by atoms with Crippen LogP contribution in [0.2, 0.25) is 0 Å². The molecule has 0 radical (unpaired) electrons. The lowest BCUT2D eigenvalue weighted by Crippen LogP contribution is -2.49. The molecule has 0 fully saturated rings. The van der Waals surface area contributed by atoms with Gasteiger partial charge in [-0.3, -0.25) is 0 Å². The van der Waals surface area contributed by atoms with E-state index in [0.717, 1.165) is 25.0 Å². The summed E-state index contributed by atoms with van der Waals surface area (Å²) in [7, 11) is 5.67. The number of aryl methyl sites for hydroxylation is 1. The second-order valence-corrected chi connectivity index (χ2v) is 6.69. The summed E-state index contributed by atoms with van der Waals surface area (Å²) in [5.41, 5.74) is 2.09. The highest BCUT2D eigenvalue weighted by Crippen LogP contribution is 2.25. The van der Waals surface area contributed by atoms with Crippen molar-refractivity contribution in [1.29, 1.82) is 0 Å². The first-order valence-electron chi connectivity index (χ1n) is 7.66. The highest BCUT2D eigenvalue weighted by molar-refractivity contribution is 5.37. The summed E-state index contributed by atoms with van der Waals surface area (Å²) in [6, 6.07) is 6.78. The fourth-order valence-electron chi connectivity index (χ4n) is 3.14. The minimum atomic E-state index is -0.696. The van der Waals surface area contributed by atoms with Gasteiger partial charge < -0.3 is 20.1 Å². The Bertz CT molecular complexity index is 472. The van der Waals surface area contributed by atoms with Crippen LogP contribution < -0.4 is 10.1 Å². The number of ether oxygens (including phenoxy) is 1. The Morgan fingerprint density at radius 1 is 1.38 bits per heavy atom. The van der Waals surface area contributed by atoms with Crippen LogP contribution in [-0.4, -0.2) is 55.9 Å². The highest BCUT2D eigenvalue weighted by atomic mass is 16.5. The molecule has 2 atom stereocenters. The fourth-order valence-corrected chi connectivity index (χ4v) is 3.14. The summed E-state index contributed by atoms with van der Waals surface area (Å²) < 4.78 is 5.31. The molecule has 2 unspecified atom stereocenters. The van der Waals surface area contributed by atoms with Gasteiger partial charge in [0.2, 0.25) is 0 Å². The summed E-state index contributed by atoms with van der Waals surface area (Å²) in [5, 5.41) is 13.9. The van der Waals surface area contributed by atoms with Gasteiger partial charge in [0.25, 0.3) is 0 Å². The van der Waals surface area contributed by atoms with Crippen LogP contribution in [0.1, 0.15) is 24.5 Å². The first-order chi connectivity index (χ1) is 9.89. The van der Waals surface area contributed by atoms with Gasteiger partial charge >= 0.3 is 0 Å². The van der Waals surface area contributed by atoms with Gasteiger partial charge in [-0.1, -0.05) is 6.07 Å². The van der Waals surface area contributed by atoms with Crippen LogP contribution >= 0.6 is 0 Å². The number of hydrogen-bond acceptors (Lipinski definition) is 4. The van der Waals surface area contributed by atoms with E-state index in [0.29, 0.717) is 19.1 Å². The van der Waals surface area contributed by atoms with Crippen LogP contribution in [0.25, 0.3) is 0 Å². The molecule has 118 valence electrons. The summed E-state index contributed by atoms with van der Waals surface area (Å²) in [6.07, 6.45) is 3.22. The van der Waals surface area contributed by atoms with Crippen LogP contribution in [0.5, 0.6) is 5.75 Å². The molecule has 0 spiro atoms. The standard InChI is InChI=1S/C17H28N2O2/c1-17(20,12-19(2)3)11-18-15-7-5-13-6-8-16(21-4)10-14(13)9-15/h6,8,10,15,18,20H,5,7,9,11-12H2,1-4H3. The first-order valence-corrected chi connectivity index (χ1v) is 7.66. The molecule has 0 saturated carbocycles. The molecule has 0 amide bonds. The van der Waals surface area contributed by atoms with Gasteiger partial charge in [0, 0.05) is 19.1 Å². The molecule has 1 aromatic rings. The van der Waals surface area contributed by atoms with Gasteiger partial charge in [-0.15, -0.1) is 0 Å². The smallest absolute Gasteiger partial charge is 0.119 e. The number of aliphatic hydroxyl groups is 1. The summed E-state index contributed by atoms with van der Waals surface area (Å²) >= 11 is 0. The van der Waals surface area contributed by atoms with Crippen LogP contribution in [0.4, 0.5) is 0 Å². The lowest BCUT2D eigenvalue weighted by atomic mass is 9.88. The zero-order valence-corrected chi connectivity index (χ0v) is 13.6. The van der Waals surface area contributed by atoms with Crippen molar-refractivity contribution in [3.05, 3.63) is 29.3 Å². The molecule has 4 heteroatoms. The SMILES string of the molecule is COc1ccc2c(c1)CC(NCC(C)(O)CN(C)C)CC2. The molecule has 2 rings (SSSR count). The Balaban J connectivity index is 1.92.